The zero-order valence-electron chi connectivity index (χ0n) is 14.5. The summed E-state index contributed by atoms with van der Waals surface area (Å²) in [7, 11) is 0. The predicted molar refractivity (Wildman–Crippen MR) is 105 cm³/mol. The van der Waals surface area contributed by atoms with Gasteiger partial charge >= 0.3 is 0 Å². The first-order chi connectivity index (χ1) is 13.1. The van der Waals surface area contributed by atoms with Gasteiger partial charge < -0.3 is 14.1 Å². The van der Waals surface area contributed by atoms with Gasteiger partial charge in [0.2, 0.25) is 0 Å². The minimum absolute atomic E-state index is 0.0467. The monoisotopic (exact) mass is 404 g/mol. The fourth-order valence-corrected chi connectivity index (χ4v) is 3.73. The number of amides is 1. The summed E-state index contributed by atoms with van der Waals surface area (Å²) in [4.78, 5) is 18.8. The minimum atomic E-state index is -0.0583. The lowest BCUT2D eigenvalue weighted by molar-refractivity contribution is -0.134. The smallest absolute Gasteiger partial charge is 0.260 e. The second kappa shape index (κ2) is 7.79. The van der Waals surface area contributed by atoms with Crippen molar-refractivity contribution in [2.45, 2.75) is 18.8 Å². The van der Waals surface area contributed by atoms with E-state index < -0.39 is 0 Å². The summed E-state index contributed by atoms with van der Waals surface area (Å²) < 4.78 is 11.4. The summed E-state index contributed by atoms with van der Waals surface area (Å²) in [6.07, 6.45) is 1.64. The first kappa shape index (κ1) is 18.1. The number of hydrogen-bond donors (Lipinski definition) is 0. The number of carbonyl (C=O) groups is 1. The molecule has 2 aromatic carbocycles. The number of piperidine rings is 1. The Labute approximate surface area is 166 Å². The van der Waals surface area contributed by atoms with Crippen LogP contribution in [0.25, 0.3) is 11.1 Å². The molecule has 1 aliphatic rings. The molecule has 3 aromatic rings. The average Bonchev–Trinajstić information content (AvgIpc) is 3.11. The van der Waals surface area contributed by atoms with Crippen LogP contribution < -0.4 is 4.74 Å². The third-order valence-corrected chi connectivity index (χ3v) is 5.28. The van der Waals surface area contributed by atoms with E-state index in [0.29, 0.717) is 28.9 Å². The Morgan fingerprint density at radius 2 is 1.96 bits per heavy atom. The van der Waals surface area contributed by atoms with E-state index in [-0.39, 0.29) is 18.4 Å². The molecule has 0 spiro atoms. The highest BCUT2D eigenvalue weighted by Crippen LogP contribution is 2.30. The van der Waals surface area contributed by atoms with Gasteiger partial charge in [-0.05, 0) is 43.2 Å². The maximum Gasteiger partial charge on any atom is 0.260 e. The maximum absolute atomic E-state index is 12.4. The molecule has 1 amide bonds. The number of oxazole rings is 1. The second-order valence-corrected chi connectivity index (χ2v) is 7.38. The van der Waals surface area contributed by atoms with E-state index in [1.54, 1.807) is 18.2 Å². The van der Waals surface area contributed by atoms with Crippen molar-refractivity contribution in [2.24, 2.45) is 0 Å². The molecule has 0 atom stereocenters. The Morgan fingerprint density at radius 1 is 1.19 bits per heavy atom. The van der Waals surface area contributed by atoms with Crippen LogP contribution in [-0.4, -0.2) is 35.5 Å². The van der Waals surface area contributed by atoms with Crippen molar-refractivity contribution in [3.8, 4) is 5.75 Å². The number of rotatable bonds is 4. The lowest BCUT2D eigenvalue weighted by atomic mass is 9.97. The van der Waals surface area contributed by atoms with Crippen molar-refractivity contribution >= 4 is 40.2 Å². The molecule has 1 aliphatic heterocycles. The molecule has 140 valence electrons. The van der Waals surface area contributed by atoms with E-state index in [4.69, 9.17) is 32.4 Å². The van der Waals surface area contributed by atoms with Crippen molar-refractivity contribution in [2.75, 3.05) is 19.7 Å². The predicted octanol–water partition coefficient (Wildman–Crippen LogP) is 4.92. The van der Waals surface area contributed by atoms with Crippen molar-refractivity contribution < 1.29 is 13.9 Å². The number of para-hydroxylation sites is 2. The molecule has 27 heavy (non-hydrogen) atoms. The molecule has 5 nitrogen and oxygen atoms in total. The van der Waals surface area contributed by atoms with Crippen LogP contribution in [0.4, 0.5) is 0 Å². The molecule has 0 unspecified atom stereocenters. The molecular formula is C20H18Cl2N2O3. The summed E-state index contributed by atoms with van der Waals surface area (Å²) in [6, 6.07) is 12.7. The van der Waals surface area contributed by atoms with Gasteiger partial charge in [0.25, 0.3) is 5.91 Å². The Kier molecular flexibility index (Phi) is 5.23. The summed E-state index contributed by atoms with van der Waals surface area (Å²) in [5, 5.41) is 0.921. The minimum Gasteiger partial charge on any atom is -0.482 e. The summed E-state index contributed by atoms with van der Waals surface area (Å²) in [5.74, 6) is 1.38. The first-order valence-corrected chi connectivity index (χ1v) is 9.57. The summed E-state index contributed by atoms with van der Waals surface area (Å²) in [6.45, 7) is 1.26. The Balaban J connectivity index is 1.32. The largest absolute Gasteiger partial charge is 0.482 e. The van der Waals surface area contributed by atoms with E-state index in [1.165, 1.54) is 0 Å². The number of nitrogens with zero attached hydrogens (tertiary/aromatic N) is 2. The van der Waals surface area contributed by atoms with Gasteiger partial charge in [-0.2, -0.15) is 0 Å². The summed E-state index contributed by atoms with van der Waals surface area (Å²) in [5.41, 5.74) is 1.68. The number of benzene rings is 2. The van der Waals surface area contributed by atoms with Gasteiger partial charge in [-0.1, -0.05) is 35.3 Å². The van der Waals surface area contributed by atoms with Gasteiger partial charge in [-0.25, -0.2) is 4.98 Å². The standard InChI is InChI=1S/C20H18Cl2N2O3/c21-14-5-6-17(15(22)11-14)26-12-19(25)24-9-7-13(8-10-24)20-23-16-3-1-2-4-18(16)27-20/h1-6,11,13H,7-10,12H2. The van der Waals surface area contributed by atoms with Crippen LogP contribution in [0.5, 0.6) is 5.75 Å². The molecule has 0 radical (unpaired) electrons. The topological polar surface area (TPSA) is 55.6 Å². The van der Waals surface area contributed by atoms with Crippen molar-refractivity contribution in [3.63, 3.8) is 0 Å². The number of fused-ring (bicyclic) bond motifs is 1. The van der Waals surface area contributed by atoms with Gasteiger partial charge in [-0.15, -0.1) is 0 Å². The van der Waals surface area contributed by atoms with Crippen LogP contribution in [0.3, 0.4) is 0 Å². The van der Waals surface area contributed by atoms with Gasteiger partial charge in [0.05, 0.1) is 5.02 Å². The van der Waals surface area contributed by atoms with Crippen LogP contribution in [0.2, 0.25) is 10.0 Å². The highest BCUT2D eigenvalue weighted by molar-refractivity contribution is 6.35. The number of ether oxygens (including phenoxy) is 1. The molecule has 2 heterocycles. The lowest BCUT2D eigenvalue weighted by Crippen LogP contribution is -2.40. The van der Waals surface area contributed by atoms with Crippen molar-refractivity contribution in [3.05, 3.63) is 58.4 Å². The third-order valence-electron chi connectivity index (χ3n) is 4.75. The Morgan fingerprint density at radius 3 is 2.70 bits per heavy atom. The zero-order chi connectivity index (χ0) is 18.8. The molecule has 0 saturated carbocycles. The van der Waals surface area contributed by atoms with E-state index in [9.17, 15) is 4.79 Å². The van der Waals surface area contributed by atoms with Crippen LogP contribution >= 0.6 is 23.2 Å². The van der Waals surface area contributed by atoms with Crippen LogP contribution in [-0.2, 0) is 4.79 Å². The molecular weight excluding hydrogens is 387 g/mol. The van der Waals surface area contributed by atoms with E-state index in [2.05, 4.69) is 4.98 Å². The van der Waals surface area contributed by atoms with Gasteiger partial charge in [0.15, 0.2) is 18.1 Å². The zero-order valence-corrected chi connectivity index (χ0v) is 16.0. The second-order valence-electron chi connectivity index (χ2n) is 6.54. The SMILES string of the molecule is O=C(COc1ccc(Cl)cc1Cl)N1CCC(c2nc3ccccc3o2)CC1. The van der Waals surface area contributed by atoms with Crippen LogP contribution in [0.15, 0.2) is 46.9 Å². The maximum atomic E-state index is 12.4. The number of likely N-dealkylation sites (tertiary alicyclic amines) is 1. The molecule has 1 fully saturated rings. The fraction of sp³-hybridized carbons (Fsp3) is 0.300. The highest BCUT2D eigenvalue weighted by atomic mass is 35.5. The average molecular weight is 405 g/mol. The number of carbonyl (C=O) groups excluding carboxylic acids is 1. The van der Waals surface area contributed by atoms with Gasteiger partial charge in [0.1, 0.15) is 11.3 Å². The summed E-state index contributed by atoms with van der Waals surface area (Å²) >= 11 is 11.9. The van der Waals surface area contributed by atoms with E-state index in [1.807, 2.05) is 29.2 Å². The Hall–Kier alpha value is -2.24. The molecule has 1 aromatic heterocycles. The third kappa shape index (κ3) is 4.04. The number of hydrogen-bond acceptors (Lipinski definition) is 4. The van der Waals surface area contributed by atoms with Crippen LogP contribution in [0, 0.1) is 0 Å². The van der Waals surface area contributed by atoms with E-state index >= 15 is 0 Å². The first-order valence-electron chi connectivity index (χ1n) is 8.81. The van der Waals surface area contributed by atoms with Gasteiger partial charge in [0, 0.05) is 24.0 Å². The number of halogens is 2. The molecule has 0 aliphatic carbocycles. The molecule has 7 heteroatoms. The van der Waals surface area contributed by atoms with Crippen LogP contribution in [0.1, 0.15) is 24.7 Å². The normalized spacial score (nSPS) is 15.3. The highest BCUT2D eigenvalue weighted by Gasteiger charge is 2.27. The quantitative estimate of drug-likeness (QED) is 0.618. The number of aromatic nitrogens is 1. The van der Waals surface area contributed by atoms with Crippen molar-refractivity contribution in [1.29, 1.82) is 0 Å². The molecule has 0 N–H and O–H groups in total. The lowest BCUT2D eigenvalue weighted by Gasteiger charge is -2.30. The Bertz CT molecular complexity index is 932. The fourth-order valence-electron chi connectivity index (χ4n) is 3.26. The molecule has 4 rings (SSSR count). The van der Waals surface area contributed by atoms with Gasteiger partial charge in [-0.3, -0.25) is 4.79 Å². The molecule has 0 bridgehead atoms. The van der Waals surface area contributed by atoms with E-state index in [0.717, 1.165) is 29.8 Å². The molecule has 1 saturated heterocycles. The van der Waals surface area contributed by atoms with Crippen molar-refractivity contribution in [1.82, 2.24) is 9.88 Å².